The molecule has 4 rings (SSSR count). The molecule has 2 aromatic rings. The zero-order valence-corrected chi connectivity index (χ0v) is 15.8. The van der Waals surface area contributed by atoms with Gasteiger partial charge in [-0.15, -0.1) is 0 Å². The first-order chi connectivity index (χ1) is 14.0. The molecule has 1 atom stereocenters. The third kappa shape index (κ3) is 3.93. The van der Waals surface area contributed by atoms with Gasteiger partial charge in [0.15, 0.2) is 0 Å². The quantitative estimate of drug-likeness (QED) is 0.652. The van der Waals surface area contributed by atoms with Gasteiger partial charge in [0, 0.05) is 31.6 Å². The molecule has 1 saturated heterocycles. The summed E-state index contributed by atoms with van der Waals surface area (Å²) in [7, 11) is 0. The summed E-state index contributed by atoms with van der Waals surface area (Å²) < 4.78 is 28.8. The van der Waals surface area contributed by atoms with Crippen molar-refractivity contribution < 1.29 is 18.4 Å². The van der Waals surface area contributed by atoms with E-state index in [1.54, 1.807) is 23.1 Å². The van der Waals surface area contributed by atoms with Crippen LogP contribution >= 0.6 is 0 Å². The summed E-state index contributed by atoms with van der Waals surface area (Å²) in [6.45, 7) is 1.69. The number of nitrogens with zero attached hydrogens (tertiary/aromatic N) is 1. The van der Waals surface area contributed by atoms with Crippen molar-refractivity contribution in [2.24, 2.45) is 0 Å². The Morgan fingerprint density at radius 2 is 2.10 bits per heavy atom. The van der Waals surface area contributed by atoms with Gasteiger partial charge in [0.1, 0.15) is 11.6 Å². The molecule has 0 aliphatic carbocycles. The number of nitrogens with one attached hydrogen (secondary N) is 3. The van der Waals surface area contributed by atoms with E-state index in [-0.39, 0.29) is 17.0 Å². The molecule has 2 aliphatic rings. The van der Waals surface area contributed by atoms with Gasteiger partial charge in [0.25, 0.3) is 5.91 Å². The standard InChI is InChI=1S/C21H22F2N4O2/c22-14-5-1-4-13(12-14)20-18-16(25-26-20)8-7-15(19(18)23)21(29)24-9-3-11-27-10-2-6-17(27)28/h1,4-5,7-8,12,20,25-26H,2-3,6,9-11H2,(H,24,29). The third-order valence-corrected chi connectivity index (χ3v) is 5.31. The number of carbonyl (C=O) groups excluding carboxylic acids is 2. The van der Waals surface area contributed by atoms with E-state index in [4.69, 9.17) is 0 Å². The Bertz CT molecular complexity index is 950. The lowest BCUT2D eigenvalue weighted by Gasteiger charge is -2.16. The van der Waals surface area contributed by atoms with Crippen LogP contribution in [-0.2, 0) is 4.79 Å². The van der Waals surface area contributed by atoms with Crippen molar-refractivity contribution in [3.05, 3.63) is 64.7 Å². The van der Waals surface area contributed by atoms with Crippen molar-refractivity contribution in [2.45, 2.75) is 25.3 Å². The summed E-state index contributed by atoms with van der Waals surface area (Å²) >= 11 is 0. The van der Waals surface area contributed by atoms with Gasteiger partial charge in [0.05, 0.1) is 17.3 Å². The van der Waals surface area contributed by atoms with Crippen LogP contribution in [0.1, 0.15) is 46.8 Å². The molecule has 152 valence electrons. The summed E-state index contributed by atoms with van der Waals surface area (Å²) in [4.78, 5) is 25.9. The van der Waals surface area contributed by atoms with E-state index >= 15 is 4.39 Å². The van der Waals surface area contributed by atoms with Gasteiger partial charge in [-0.1, -0.05) is 12.1 Å². The Morgan fingerprint density at radius 3 is 2.86 bits per heavy atom. The maximum absolute atomic E-state index is 15.2. The minimum absolute atomic E-state index is 0.0621. The highest BCUT2D eigenvalue weighted by molar-refractivity contribution is 5.95. The number of hydrazine groups is 1. The zero-order chi connectivity index (χ0) is 20.4. The number of carbonyl (C=O) groups is 2. The van der Waals surface area contributed by atoms with E-state index in [2.05, 4.69) is 16.2 Å². The molecular formula is C21H22F2N4O2. The summed E-state index contributed by atoms with van der Waals surface area (Å²) in [6.07, 6.45) is 2.07. The van der Waals surface area contributed by atoms with E-state index in [1.165, 1.54) is 18.2 Å². The first kappa shape index (κ1) is 19.3. The maximum atomic E-state index is 15.2. The number of amides is 2. The highest BCUT2D eigenvalue weighted by atomic mass is 19.1. The molecule has 2 amide bonds. The molecule has 0 bridgehead atoms. The van der Waals surface area contributed by atoms with Crippen LogP contribution in [-0.4, -0.2) is 36.3 Å². The average Bonchev–Trinajstić information content (AvgIpc) is 3.32. The van der Waals surface area contributed by atoms with Crippen LogP contribution in [0, 0.1) is 11.6 Å². The smallest absolute Gasteiger partial charge is 0.254 e. The van der Waals surface area contributed by atoms with E-state index < -0.39 is 23.6 Å². The number of halogens is 2. The molecule has 0 aromatic heterocycles. The van der Waals surface area contributed by atoms with Crippen LogP contribution in [0.4, 0.5) is 14.5 Å². The van der Waals surface area contributed by atoms with Gasteiger partial charge in [-0.05, 0) is 42.7 Å². The van der Waals surface area contributed by atoms with E-state index in [9.17, 15) is 14.0 Å². The number of anilines is 1. The fraction of sp³-hybridized carbons (Fsp3) is 0.333. The summed E-state index contributed by atoms with van der Waals surface area (Å²) in [5.41, 5.74) is 7.11. The van der Waals surface area contributed by atoms with Crippen molar-refractivity contribution in [2.75, 3.05) is 25.1 Å². The van der Waals surface area contributed by atoms with Gasteiger partial charge < -0.3 is 15.6 Å². The number of hydrogen-bond acceptors (Lipinski definition) is 4. The molecular weight excluding hydrogens is 378 g/mol. The monoisotopic (exact) mass is 400 g/mol. The molecule has 29 heavy (non-hydrogen) atoms. The highest BCUT2D eigenvalue weighted by Crippen LogP contribution is 2.36. The van der Waals surface area contributed by atoms with Crippen LogP contribution < -0.4 is 16.2 Å². The number of hydrogen-bond donors (Lipinski definition) is 3. The second-order valence-electron chi connectivity index (χ2n) is 7.24. The molecule has 6 nitrogen and oxygen atoms in total. The second kappa shape index (κ2) is 8.16. The Balaban J connectivity index is 1.44. The summed E-state index contributed by atoms with van der Waals surface area (Å²) in [5, 5.41) is 2.72. The fourth-order valence-corrected chi connectivity index (χ4v) is 3.83. The van der Waals surface area contributed by atoms with Crippen molar-refractivity contribution in [1.82, 2.24) is 15.6 Å². The molecule has 8 heteroatoms. The largest absolute Gasteiger partial charge is 0.352 e. The van der Waals surface area contributed by atoms with Gasteiger partial charge in [-0.2, -0.15) is 0 Å². The second-order valence-corrected chi connectivity index (χ2v) is 7.24. The molecule has 3 N–H and O–H groups in total. The first-order valence-corrected chi connectivity index (χ1v) is 9.70. The summed E-state index contributed by atoms with van der Waals surface area (Å²) in [5.74, 6) is -1.42. The molecule has 2 heterocycles. The lowest BCUT2D eigenvalue weighted by molar-refractivity contribution is -0.127. The van der Waals surface area contributed by atoms with Gasteiger partial charge in [-0.25, -0.2) is 14.2 Å². The highest BCUT2D eigenvalue weighted by Gasteiger charge is 2.30. The van der Waals surface area contributed by atoms with Crippen LogP contribution in [0.25, 0.3) is 0 Å². The molecule has 0 spiro atoms. The molecule has 2 aliphatic heterocycles. The first-order valence-electron chi connectivity index (χ1n) is 9.70. The number of benzene rings is 2. The Hall–Kier alpha value is -3.00. The molecule has 1 fully saturated rings. The Kier molecular flexibility index (Phi) is 5.44. The fourth-order valence-electron chi connectivity index (χ4n) is 3.83. The number of likely N-dealkylation sites (tertiary alicyclic amines) is 1. The zero-order valence-electron chi connectivity index (χ0n) is 15.8. The van der Waals surface area contributed by atoms with Gasteiger partial charge in [-0.3, -0.25) is 9.59 Å². The lowest BCUT2D eigenvalue weighted by Crippen LogP contribution is -2.31. The minimum Gasteiger partial charge on any atom is -0.352 e. The van der Waals surface area contributed by atoms with E-state index in [0.717, 1.165) is 13.0 Å². The molecule has 2 aromatic carbocycles. The van der Waals surface area contributed by atoms with Gasteiger partial charge in [0.2, 0.25) is 5.91 Å². The maximum Gasteiger partial charge on any atom is 0.254 e. The molecule has 0 saturated carbocycles. The van der Waals surface area contributed by atoms with E-state index in [1.807, 2.05) is 0 Å². The SMILES string of the molecule is O=C(NCCCN1CCCC1=O)c1ccc2c(c1F)C(c1cccc(F)c1)NN2. The van der Waals surface area contributed by atoms with Crippen LogP contribution in [0.5, 0.6) is 0 Å². The average molecular weight is 400 g/mol. The Labute approximate surface area is 167 Å². The predicted octanol–water partition coefficient (Wildman–Crippen LogP) is 2.73. The van der Waals surface area contributed by atoms with Crippen molar-refractivity contribution in [1.29, 1.82) is 0 Å². The topological polar surface area (TPSA) is 73.5 Å². The van der Waals surface area contributed by atoms with Crippen LogP contribution in [0.15, 0.2) is 36.4 Å². The summed E-state index contributed by atoms with van der Waals surface area (Å²) in [6, 6.07) is 8.37. The van der Waals surface area contributed by atoms with Crippen molar-refractivity contribution >= 4 is 17.5 Å². The van der Waals surface area contributed by atoms with Gasteiger partial charge >= 0.3 is 0 Å². The lowest BCUT2D eigenvalue weighted by atomic mass is 9.96. The number of fused-ring (bicyclic) bond motifs is 1. The van der Waals surface area contributed by atoms with E-state index in [0.29, 0.717) is 37.2 Å². The molecule has 1 unspecified atom stereocenters. The predicted molar refractivity (Wildman–Crippen MR) is 104 cm³/mol. The Morgan fingerprint density at radius 1 is 1.24 bits per heavy atom. The van der Waals surface area contributed by atoms with Crippen molar-refractivity contribution in [3.63, 3.8) is 0 Å². The van der Waals surface area contributed by atoms with Crippen LogP contribution in [0.2, 0.25) is 0 Å². The third-order valence-electron chi connectivity index (χ3n) is 5.31. The minimum atomic E-state index is -0.638. The normalized spacial score (nSPS) is 17.9. The number of rotatable bonds is 6. The molecule has 0 radical (unpaired) electrons. The van der Waals surface area contributed by atoms with Crippen LogP contribution in [0.3, 0.4) is 0 Å². The van der Waals surface area contributed by atoms with Crippen molar-refractivity contribution in [3.8, 4) is 0 Å².